The summed E-state index contributed by atoms with van der Waals surface area (Å²) in [6, 6.07) is -2.28. The van der Waals surface area contributed by atoms with Crippen molar-refractivity contribution in [2.45, 2.75) is 64.6 Å². The molecule has 2 aliphatic carbocycles. The average molecular weight is 430 g/mol. The summed E-state index contributed by atoms with van der Waals surface area (Å²) in [5, 5.41) is 17.5. The quantitative estimate of drug-likeness (QED) is 0.491. The number of nitrogens with one attached hydrogen (secondary N) is 3. The molecule has 0 bridgehead atoms. The number of hydrogen-bond acceptors (Lipinski definition) is 4. The molecule has 3 amide bonds. The molecule has 0 heterocycles. The molecule has 168 valence electrons. The Hall–Kier alpha value is -3.16. The van der Waals surface area contributed by atoms with Crippen molar-refractivity contribution in [1.29, 1.82) is 0 Å². The molecule has 4 atom stereocenters. The van der Waals surface area contributed by atoms with E-state index in [1.807, 2.05) is 12.2 Å². The fourth-order valence-electron chi connectivity index (χ4n) is 3.51. The SMILES string of the molecule is CC(=O)NC1C=C/C(=C/[C@H](NC(=O)[C@H](/C=C2/C=C[C@H](C)CC2)NC(C)=O)C(=O)O)CC1. The highest BCUT2D eigenvalue weighted by molar-refractivity contribution is 5.92. The van der Waals surface area contributed by atoms with Crippen LogP contribution in [0, 0.1) is 5.92 Å². The third kappa shape index (κ3) is 8.24. The molecule has 8 nitrogen and oxygen atoms in total. The number of carboxylic acids is 1. The lowest BCUT2D eigenvalue weighted by Crippen LogP contribution is -2.50. The predicted octanol–water partition coefficient (Wildman–Crippen LogP) is 1.75. The van der Waals surface area contributed by atoms with Gasteiger partial charge in [-0.15, -0.1) is 0 Å². The number of allylic oxidation sites excluding steroid dienone is 5. The zero-order valence-corrected chi connectivity index (χ0v) is 18.2. The highest BCUT2D eigenvalue weighted by Crippen LogP contribution is 2.21. The summed E-state index contributed by atoms with van der Waals surface area (Å²) in [7, 11) is 0. The molecule has 1 unspecified atom stereocenters. The molecule has 0 aromatic carbocycles. The largest absolute Gasteiger partial charge is 0.479 e. The lowest BCUT2D eigenvalue weighted by molar-refractivity contribution is -0.140. The van der Waals surface area contributed by atoms with Gasteiger partial charge < -0.3 is 21.1 Å². The van der Waals surface area contributed by atoms with Gasteiger partial charge in [0.05, 0.1) is 0 Å². The van der Waals surface area contributed by atoms with Gasteiger partial charge in [-0.05, 0) is 54.9 Å². The molecule has 0 aromatic rings. The monoisotopic (exact) mass is 429 g/mol. The van der Waals surface area contributed by atoms with Gasteiger partial charge >= 0.3 is 5.97 Å². The fourth-order valence-corrected chi connectivity index (χ4v) is 3.51. The molecule has 0 saturated carbocycles. The van der Waals surface area contributed by atoms with Crippen molar-refractivity contribution in [3.05, 3.63) is 47.6 Å². The van der Waals surface area contributed by atoms with Gasteiger partial charge in [0, 0.05) is 19.9 Å². The smallest absolute Gasteiger partial charge is 0.330 e. The summed E-state index contributed by atoms with van der Waals surface area (Å²) in [5.41, 5.74) is 1.68. The Bertz CT molecular complexity index is 840. The molecule has 0 radical (unpaired) electrons. The van der Waals surface area contributed by atoms with Gasteiger partial charge in [-0.1, -0.05) is 31.2 Å². The van der Waals surface area contributed by atoms with Gasteiger partial charge in [0.25, 0.3) is 0 Å². The van der Waals surface area contributed by atoms with E-state index in [9.17, 15) is 24.3 Å². The second-order valence-electron chi connectivity index (χ2n) is 8.07. The van der Waals surface area contributed by atoms with Gasteiger partial charge in [0.15, 0.2) is 0 Å². The Morgan fingerprint density at radius 2 is 1.55 bits per heavy atom. The van der Waals surface area contributed by atoms with Crippen LogP contribution in [0.3, 0.4) is 0 Å². The van der Waals surface area contributed by atoms with Crippen LogP contribution in [0.25, 0.3) is 0 Å². The highest BCUT2D eigenvalue weighted by atomic mass is 16.4. The zero-order valence-electron chi connectivity index (χ0n) is 18.2. The maximum Gasteiger partial charge on any atom is 0.330 e. The summed E-state index contributed by atoms with van der Waals surface area (Å²) >= 11 is 0. The minimum Gasteiger partial charge on any atom is -0.479 e. The van der Waals surface area contributed by atoms with E-state index in [1.165, 1.54) is 19.9 Å². The van der Waals surface area contributed by atoms with Crippen LogP contribution in [-0.2, 0) is 19.2 Å². The van der Waals surface area contributed by atoms with Crippen molar-refractivity contribution in [3.8, 4) is 0 Å². The molecular weight excluding hydrogens is 398 g/mol. The number of hydrogen-bond donors (Lipinski definition) is 4. The summed E-state index contributed by atoms with van der Waals surface area (Å²) in [5.74, 6) is -1.83. The van der Waals surface area contributed by atoms with Gasteiger partial charge in [-0.3, -0.25) is 14.4 Å². The third-order valence-corrected chi connectivity index (χ3v) is 5.17. The number of carboxylic acid groups (broad SMARTS) is 1. The van der Waals surface area contributed by atoms with Crippen molar-refractivity contribution < 1.29 is 24.3 Å². The fraction of sp³-hybridized carbons (Fsp3) is 0.478. The standard InChI is InChI=1S/C23H31N3O5/c1-14-4-6-17(7-5-14)12-20(25-16(3)28)22(29)26-21(23(30)31)13-18-8-10-19(11-9-18)24-15(2)27/h4,6,8,10,12-14,19-21H,5,7,9,11H2,1-3H3,(H,24,27)(H,25,28)(H,26,29)(H,30,31)/b17-12-,18-13-/t14-,19?,20-,21-/m0/s1. The molecule has 0 fully saturated rings. The number of amides is 3. The van der Waals surface area contributed by atoms with Crippen molar-refractivity contribution in [3.63, 3.8) is 0 Å². The second kappa shape index (κ2) is 11.3. The average Bonchev–Trinajstić information content (AvgIpc) is 2.69. The molecule has 0 saturated heterocycles. The zero-order chi connectivity index (χ0) is 23.0. The van der Waals surface area contributed by atoms with Crippen LogP contribution >= 0.6 is 0 Å². The second-order valence-corrected chi connectivity index (χ2v) is 8.07. The Labute approximate surface area is 182 Å². The Morgan fingerprint density at radius 1 is 0.935 bits per heavy atom. The molecular formula is C23H31N3O5. The van der Waals surface area contributed by atoms with E-state index in [0.717, 1.165) is 24.0 Å². The molecule has 0 aromatic heterocycles. The lowest BCUT2D eigenvalue weighted by atomic mass is 9.93. The van der Waals surface area contributed by atoms with E-state index in [1.54, 1.807) is 18.2 Å². The van der Waals surface area contributed by atoms with Crippen molar-refractivity contribution in [2.24, 2.45) is 5.92 Å². The first-order valence-electron chi connectivity index (χ1n) is 10.5. The summed E-state index contributed by atoms with van der Waals surface area (Å²) in [6.07, 6.45) is 13.7. The first-order valence-corrected chi connectivity index (χ1v) is 10.5. The molecule has 2 rings (SSSR count). The van der Waals surface area contributed by atoms with Gasteiger partial charge in [0.1, 0.15) is 12.1 Å². The Kier molecular flexibility index (Phi) is 8.78. The highest BCUT2D eigenvalue weighted by Gasteiger charge is 2.25. The van der Waals surface area contributed by atoms with Crippen molar-refractivity contribution in [2.75, 3.05) is 0 Å². The Balaban J connectivity index is 2.12. The van der Waals surface area contributed by atoms with Crippen LogP contribution < -0.4 is 16.0 Å². The van der Waals surface area contributed by atoms with Crippen molar-refractivity contribution in [1.82, 2.24) is 16.0 Å². The molecule has 31 heavy (non-hydrogen) atoms. The van der Waals surface area contributed by atoms with E-state index in [-0.39, 0.29) is 17.9 Å². The van der Waals surface area contributed by atoms with Gasteiger partial charge in [0.2, 0.25) is 17.7 Å². The first kappa shape index (κ1) is 24.1. The topological polar surface area (TPSA) is 125 Å². The van der Waals surface area contributed by atoms with E-state index in [4.69, 9.17) is 0 Å². The van der Waals surface area contributed by atoms with E-state index < -0.39 is 24.0 Å². The van der Waals surface area contributed by atoms with Crippen LogP contribution in [0.5, 0.6) is 0 Å². The molecule has 8 heteroatoms. The van der Waals surface area contributed by atoms with Crippen LogP contribution in [0.15, 0.2) is 47.6 Å². The van der Waals surface area contributed by atoms with Crippen LogP contribution in [0.2, 0.25) is 0 Å². The molecule has 4 N–H and O–H groups in total. The molecule has 0 aliphatic heterocycles. The summed E-state index contributed by atoms with van der Waals surface area (Å²) < 4.78 is 0. The predicted molar refractivity (Wildman–Crippen MR) is 117 cm³/mol. The maximum atomic E-state index is 12.8. The summed E-state index contributed by atoms with van der Waals surface area (Å²) in [6.45, 7) is 4.86. The Morgan fingerprint density at radius 3 is 2.03 bits per heavy atom. The lowest BCUT2D eigenvalue weighted by Gasteiger charge is -2.22. The van der Waals surface area contributed by atoms with E-state index in [2.05, 4.69) is 22.9 Å². The first-order chi connectivity index (χ1) is 14.6. The van der Waals surface area contributed by atoms with E-state index in [0.29, 0.717) is 18.8 Å². The number of carbonyl (C=O) groups is 4. The van der Waals surface area contributed by atoms with Crippen LogP contribution in [0.4, 0.5) is 0 Å². The maximum absolute atomic E-state index is 12.8. The molecule has 0 spiro atoms. The molecule has 2 aliphatic rings. The van der Waals surface area contributed by atoms with Crippen molar-refractivity contribution >= 4 is 23.7 Å². The summed E-state index contributed by atoms with van der Waals surface area (Å²) in [4.78, 5) is 47.3. The van der Waals surface area contributed by atoms with Crippen LogP contribution in [0.1, 0.15) is 46.5 Å². The number of aliphatic carboxylic acids is 1. The van der Waals surface area contributed by atoms with Gasteiger partial charge in [-0.25, -0.2) is 4.79 Å². The third-order valence-electron chi connectivity index (χ3n) is 5.17. The number of carbonyl (C=O) groups excluding carboxylic acids is 3. The van der Waals surface area contributed by atoms with E-state index >= 15 is 0 Å². The normalized spacial score (nSPS) is 25.0. The minimum absolute atomic E-state index is 0.0884. The van der Waals surface area contributed by atoms with Gasteiger partial charge in [-0.2, -0.15) is 0 Å². The minimum atomic E-state index is -1.24. The van der Waals surface area contributed by atoms with Crippen LogP contribution in [-0.4, -0.2) is 46.9 Å². The number of rotatable bonds is 7.